The third-order valence-corrected chi connectivity index (χ3v) is 5.29. The molecule has 0 bridgehead atoms. The van der Waals surface area contributed by atoms with E-state index in [0.717, 1.165) is 5.56 Å². The van der Waals surface area contributed by atoms with Crippen molar-refractivity contribution in [2.24, 2.45) is 0 Å². The molecule has 132 valence electrons. The number of benzene rings is 2. The summed E-state index contributed by atoms with van der Waals surface area (Å²) >= 11 is 6.11. The minimum Gasteiger partial charge on any atom is -0.340 e. The molecular formula is C20H17ClN2O3. The maximum absolute atomic E-state index is 12.7. The van der Waals surface area contributed by atoms with Crippen molar-refractivity contribution < 1.29 is 14.4 Å². The zero-order chi connectivity index (χ0) is 18.3. The molecule has 5 nitrogen and oxygen atoms in total. The first-order chi connectivity index (χ1) is 12.6. The van der Waals surface area contributed by atoms with Crippen molar-refractivity contribution >= 4 is 29.3 Å². The SMILES string of the molecule is O=C(Cc1ccccc1)N1CCC(N2C(=O)c3cccc(Cl)c3C2=O)C1. The number of likely N-dealkylation sites (tertiary alicyclic amines) is 1. The third-order valence-electron chi connectivity index (χ3n) is 4.97. The van der Waals surface area contributed by atoms with Crippen molar-refractivity contribution in [3.05, 3.63) is 70.2 Å². The summed E-state index contributed by atoms with van der Waals surface area (Å²) in [7, 11) is 0. The molecule has 0 spiro atoms. The van der Waals surface area contributed by atoms with Crippen molar-refractivity contribution in [1.29, 1.82) is 0 Å². The third kappa shape index (κ3) is 2.78. The molecule has 0 radical (unpaired) electrons. The summed E-state index contributed by atoms with van der Waals surface area (Å²) in [6.07, 6.45) is 0.908. The lowest BCUT2D eigenvalue weighted by atomic mass is 10.1. The number of carbonyl (C=O) groups excluding carboxylic acids is 3. The van der Waals surface area contributed by atoms with Crippen LogP contribution in [0.4, 0.5) is 0 Å². The highest BCUT2D eigenvalue weighted by atomic mass is 35.5. The Morgan fingerprint density at radius 2 is 1.81 bits per heavy atom. The van der Waals surface area contributed by atoms with E-state index in [-0.39, 0.29) is 29.3 Å². The highest BCUT2D eigenvalue weighted by Crippen LogP contribution is 2.32. The number of imide groups is 1. The van der Waals surface area contributed by atoms with E-state index >= 15 is 0 Å². The predicted molar refractivity (Wildman–Crippen MR) is 97.1 cm³/mol. The van der Waals surface area contributed by atoms with E-state index in [0.29, 0.717) is 36.5 Å². The molecule has 26 heavy (non-hydrogen) atoms. The molecule has 1 unspecified atom stereocenters. The molecule has 4 rings (SSSR count). The molecule has 1 fully saturated rings. The molecule has 1 atom stereocenters. The van der Waals surface area contributed by atoms with Gasteiger partial charge >= 0.3 is 0 Å². The number of nitrogens with zero attached hydrogens (tertiary/aromatic N) is 2. The Morgan fingerprint density at radius 1 is 1.04 bits per heavy atom. The average Bonchev–Trinajstić information content (AvgIpc) is 3.20. The van der Waals surface area contributed by atoms with Crippen LogP contribution in [0.2, 0.25) is 5.02 Å². The molecule has 3 amide bonds. The van der Waals surface area contributed by atoms with Crippen LogP contribution >= 0.6 is 11.6 Å². The summed E-state index contributed by atoms with van der Waals surface area (Å²) in [5.41, 5.74) is 1.57. The van der Waals surface area contributed by atoms with Crippen molar-refractivity contribution in [3.8, 4) is 0 Å². The van der Waals surface area contributed by atoms with Crippen molar-refractivity contribution in [2.45, 2.75) is 18.9 Å². The lowest BCUT2D eigenvalue weighted by Crippen LogP contribution is -2.42. The van der Waals surface area contributed by atoms with Crippen molar-refractivity contribution in [1.82, 2.24) is 9.80 Å². The summed E-state index contributed by atoms with van der Waals surface area (Å²) < 4.78 is 0. The topological polar surface area (TPSA) is 57.7 Å². The Labute approximate surface area is 156 Å². The Morgan fingerprint density at radius 3 is 2.54 bits per heavy atom. The number of carbonyl (C=O) groups is 3. The molecule has 6 heteroatoms. The largest absolute Gasteiger partial charge is 0.340 e. The van der Waals surface area contributed by atoms with Gasteiger partial charge in [0.05, 0.1) is 28.6 Å². The standard InChI is InChI=1S/C20H17ClN2O3/c21-16-8-4-7-15-18(16)20(26)23(19(15)25)14-9-10-22(12-14)17(24)11-13-5-2-1-3-6-13/h1-8,14H,9-12H2. The van der Waals surface area contributed by atoms with Gasteiger partial charge in [-0.2, -0.15) is 0 Å². The van der Waals surface area contributed by atoms with Crippen LogP contribution in [-0.2, 0) is 11.2 Å². The maximum atomic E-state index is 12.7. The molecule has 2 aromatic carbocycles. The number of hydrogen-bond donors (Lipinski definition) is 0. The Hall–Kier alpha value is -2.66. The van der Waals surface area contributed by atoms with Crippen molar-refractivity contribution in [3.63, 3.8) is 0 Å². The fourth-order valence-electron chi connectivity index (χ4n) is 3.66. The molecule has 2 aromatic rings. The molecule has 2 heterocycles. The molecular weight excluding hydrogens is 352 g/mol. The number of rotatable bonds is 3. The van der Waals surface area contributed by atoms with Crippen LogP contribution in [0, 0.1) is 0 Å². The van der Waals surface area contributed by atoms with Gasteiger partial charge in [-0.3, -0.25) is 19.3 Å². The van der Waals surface area contributed by atoms with Gasteiger partial charge in [-0.15, -0.1) is 0 Å². The Kier molecular flexibility index (Phi) is 4.24. The van der Waals surface area contributed by atoms with E-state index in [9.17, 15) is 14.4 Å². The highest BCUT2D eigenvalue weighted by molar-refractivity contribution is 6.37. The second kappa shape index (κ2) is 6.57. The second-order valence-corrected chi connectivity index (χ2v) is 6.99. The maximum Gasteiger partial charge on any atom is 0.263 e. The second-order valence-electron chi connectivity index (χ2n) is 6.59. The first-order valence-corrected chi connectivity index (χ1v) is 8.92. The smallest absolute Gasteiger partial charge is 0.263 e. The Bertz CT molecular complexity index is 897. The number of amides is 3. The Balaban J connectivity index is 1.48. The van der Waals surface area contributed by atoms with Gasteiger partial charge in [-0.1, -0.05) is 48.0 Å². The van der Waals surface area contributed by atoms with Gasteiger partial charge in [0.1, 0.15) is 0 Å². The van der Waals surface area contributed by atoms with Crippen molar-refractivity contribution in [2.75, 3.05) is 13.1 Å². The summed E-state index contributed by atoms with van der Waals surface area (Å²) in [5, 5.41) is 0.290. The number of halogens is 1. The highest BCUT2D eigenvalue weighted by Gasteiger charge is 2.43. The van der Waals surface area contributed by atoms with Gasteiger partial charge in [0.15, 0.2) is 0 Å². The van der Waals surface area contributed by atoms with Gasteiger partial charge in [-0.05, 0) is 24.1 Å². The summed E-state index contributed by atoms with van der Waals surface area (Å²) in [4.78, 5) is 40.9. The quantitative estimate of drug-likeness (QED) is 0.783. The lowest BCUT2D eigenvalue weighted by Gasteiger charge is -2.22. The molecule has 2 aliphatic heterocycles. The monoisotopic (exact) mass is 368 g/mol. The molecule has 0 N–H and O–H groups in total. The molecule has 2 aliphatic rings. The average molecular weight is 369 g/mol. The number of hydrogen-bond acceptors (Lipinski definition) is 3. The normalized spacial score (nSPS) is 19.2. The van der Waals surface area contributed by atoms with Gasteiger partial charge in [0.25, 0.3) is 11.8 Å². The van der Waals surface area contributed by atoms with Gasteiger partial charge in [-0.25, -0.2) is 0 Å². The lowest BCUT2D eigenvalue weighted by molar-refractivity contribution is -0.129. The minimum absolute atomic E-state index is 0.00772. The summed E-state index contributed by atoms with van der Waals surface area (Å²) in [6, 6.07) is 14.1. The molecule has 1 saturated heterocycles. The number of fused-ring (bicyclic) bond motifs is 1. The first-order valence-electron chi connectivity index (χ1n) is 8.54. The van der Waals surface area contributed by atoms with E-state index in [4.69, 9.17) is 11.6 Å². The van der Waals surface area contributed by atoms with Crippen LogP contribution in [0.1, 0.15) is 32.7 Å². The van der Waals surface area contributed by atoms with E-state index in [1.54, 1.807) is 23.1 Å². The van der Waals surface area contributed by atoms with Crippen LogP contribution < -0.4 is 0 Å². The fraction of sp³-hybridized carbons (Fsp3) is 0.250. The molecule has 0 aliphatic carbocycles. The van der Waals surface area contributed by atoms with E-state index < -0.39 is 0 Å². The van der Waals surface area contributed by atoms with E-state index in [1.165, 1.54) is 4.90 Å². The fourth-order valence-corrected chi connectivity index (χ4v) is 3.91. The van der Waals surface area contributed by atoms with Crippen LogP contribution in [0.3, 0.4) is 0 Å². The van der Waals surface area contributed by atoms with Crippen LogP contribution in [0.25, 0.3) is 0 Å². The van der Waals surface area contributed by atoms with Gasteiger partial charge in [0, 0.05) is 13.1 Å². The van der Waals surface area contributed by atoms with Crippen LogP contribution in [-0.4, -0.2) is 46.7 Å². The summed E-state index contributed by atoms with van der Waals surface area (Å²) in [5.74, 6) is -0.679. The predicted octanol–water partition coefficient (Wildman–Crippen LogP) is 2.78. The summed E-state index contributed by atoms with van der Waals surface area (Å²) in [6.45, 7) is 0.909. The first kappa shape index (κ1) is 16.8. The minimum atomic E-state index is -0.363. The van der Waals surface area contributed by atoms with Crippen LogP contribution in [0.15, 0.2) is 48.5 Å². The zero-order valence-corrected chi connectivity index (χ0v) is 14.8. The van der Waals surface area contributed by atoms with E-state index in [1.807, 2.05) is 30.3 Å². The molecule has 0 saturated carbocycles. The molecule has 0 aromatic heterocycles. The van der Waals surface area contributed by atoms with Gasteiger partial charge < -0.3 is 4.90 Å². The van der Waals surface area contributed by atoms with Crippen LogP contribution in [0.5, 0.6) is 0 Å². The van der Waals surface area contributed by atoms with E-state index in [2.05, 4.69) is 0 Å². The zero-order valence-electron chi connectivity index (χ0n) is 14.0. The van der Waals surface area contributed by atoms with Gasteiger partial charge in [0.2, 0.25) is 5.91 Å².